The van der Waals surface area contributed by atoms with E-state index in [-0.39, 0.29) is 19.1 Å². The number of nitrogens with one attached hydrogen (secondary N) is 1. The second-order valence-corrected chi connectivity index (χ2v) is 19.2. The molecule has 0 aromatic rings. The molecule has 3 atom stereocenters. The number of phosphoric acid groups is 1. The van der Waals surface area contributed by atoms with Crippen molar-refractivity contribution in [1.82, 2.24) is 5.32 Å². The van der Waals surface area contributed by atoms with Crippen LogP contribution in [-0.2, 0) is 18.4 Å². The molecule has 0 spiro atoms. The minimum atomic E-state index is -4.55. The fraction of sp³-hybridized carbons (Fsp3) is 0.978. The van der Waals surface area contributed by atoms with Crippen molar-refractivity contribution >= 4 is 13.7 Å². The van der Waals surface area contributed by atoms with E-state index in [2.05, 4.69) is 19.2 Å². The van der Waals surface area contributed by atoms with Crippen molar-refractivity contribution in [1.29, 1.82) is 0 Å². The summed E-state index contributed by atoms with van der Waals surface area (Å²) in [6.45, 7) is 4.73. The second kappa shape index (κ2) is 39.0. The third-order valence-electron chi connectivity index (χ3n) is 11.1. The summed E-state index contributed by atoms with van der Waals surface area (Å²) < 4.78 is 23.3. The summed E-state index contributed by atoms with van der Waals surface area (Å²) in [5.74, 6) is -0.161. The van der Waals surface area contributed by atoms with E-state index in [4.69, 9.17) is 9.05 Å². The zero-order chi connectivity index (χ0) is 40.7. The lowest BCUT2D eigenvalue weighted by Gasteiger charge is -2.30. The van der Waals surface area contributed by atoms with E-state index in [0.717, 1.165) is 38.5 Å². The Hall–Kier alpha value is -0.500. The number of amides is 1. The first-order valence-corrected chi connectivity index (χ1v) is 25.3. The molecule has 2 N–H and O–H groups in total. The van der Waals surface area contributed by atoms with Crippen LogP contribution in [0.1, 0.15) is 239 Å². The maximum absolute atomic E-state index is 12.9. The van der Waals surface area contributed by atoms with E-state index >= 15 is 0 Å². The molecule has 0 heterocycles. The molecule has 55 heavy (non-hydrogen) atoms. The molecule has 0 aromatic heterocycles. The van der Waals surface area contributed by atoms with E-state index in [1.54, 1.807) is 0 Å². The third kappa shape index (κ3) is 41.5. The highest BCUT2D eigenvalue weighted by molar-refractivity contribution is 7.45. The Kier molecular flexibility index (Phi) is 38.6. The van der Waals surface area contributed by atoms with E-state index in [9.17, 15) is 19.4 Å². The topological polar surface area (TPSA) is 108 Å². The van der Waals surface area contributed by atoms with Crippen LogP contribution in [0.4, 0.5) is 0 Å². The minimum absolute atomic E-state index is 0.0160. The fourth-order valence-corrected chi connectivity index (χ4v) is 8.00. The Labute approximate surface area is 342 Å². The predicted octanol–water partition coefficient (Wildman–Crippen LogP) is 12.7. The summed E-state index contributed by atoms with van der Waals surface area (Å²) in [5.41, 5.74) is 0. The number of phosphoric ester groups is 1. The summed E-state index contributed by atoms with van der Waals surface area (Å²) in [7, 11) is 1.32. The number of nitrogens with zero attached hydrogens (tertiary/aromatic N) is 1. The first-order chi connectivity index (χ1) is 26.5. The molecule has 0 aliphatic carbocycles. The van der Waals surface area contributed by atoms with Crippen molar-refractivity contribution in [2.24, 2.45) is 0 Å². The fourth-order valence-electron chi connectivity index (χ4n) is 7.28. The molecule has 3 unspecified atom stereocenters. The summed E-state index contributed by atoms with van der Waals surface area (Å²) >= 11 is 0. The van der Waals surface area contributed by atoms with Gasteiger partial charge in [-0.15, -0.1) is 0 Å². The molecule has 0 aliphatic rings. The summed E-state index contributed by atoms with van der Waals surface area (Å²) in [6.07, 6.45) is 42.6. The molecule has 330 valence electrons. The molecule has 0 bridgehead atoms. The average molecular weight is 803 g/mol. The standard InChI is InChI=1S/C46H95N2O6P/c1-6-8-10-12-14-16-18-19-20-21-22-23-24-25-26-27-28-30-32-34-36-38-40-46(50)47-44(43-54-55(51,52)53-42-41-48(3,4)5)45(49)39-37-35-33-31-29-17-15-13-11-9-7-2/h44-45,49H,6-43H2,1-5H3,(H-,47,50,51,52). The van der Waals surface area contributed by atoms with Crippen molar-refractivity contribution in [2.75, 3.05) is 40.9 Å². The molecule has 0 aromatic carbocycles. The number of aliphatic hydroxyl groups excluding tert-OH is 1. The van der Waals surface area contributed by atoms with Crippen LogP contribution in [0.3, 0.4) is 0 Å². The molecule has 8 nitrogen and oxygen atoms in total. The van der Waals surface area contributed by atoms with Gasteiger partial charge in [0.05, 0.1) is 39.9 Å². The Morgan fingerprint density at radius 1 is 0.564 bits per heavy atom. The largest absolute Gasteiger partial charge is 0.756 e. The van der Waals surface area contributed by atoms with Crippen LogP contribution < -0.4 is 10.2 Å². The van der Waals surface area contributed by atoms with Gasteiger partial charge in [-0.25, -0.2) is 0 Å². The number of carbonyl (C=O) groups excluding carboxylic acids is 1. The molecule has 0 aliphatic heterocycles. The Bertz CT molecular complexity index is 870. The van der Waals surface area contributed by atoms with Crippen molar-refractivity contribution in [3.05, 3.63) is 0 Å². The number of likely N-dealkylation sites (N-methyl/N-ethyl adjacent to an activating group) is 1. The van der Waals surface area contributed by atoms with Crippen molar-refractivity contribution in [3.8, 4) is 0 Å². The van der Waals surface area contributed by atoms with E-state index in [1.165, 1.54) is 173 Å². The predicted molar refractivity (Wildman–Crippen MR) is 233 cm³/mol. The maximum Gasteiger partial charge on any atom is 0.268 e. The number of hydrogen-bond acceptors (Lipinski definition) is 6. The number of rotatable bonds is 44. The Morgan fingerprint density at radius 3 is 1.24 bits per heavy atom. The monoisotopic (exact) mass is 803 g/mol. The van der Waals surface area contributed by atoms with Gasteiger partial charge in [-0.05, 0) is 12.8 Å². The molecule has 9 heteroatoms. The van der Waals surface area contributed by atoms with Crippen LogP contribution in [0.15, 0.2) is 0 Å². The summed E-state index contributed by atoms with van der Waals surface area (Å²) in [5, 5.41) is 13.9. The van der Waals surface area contributed by atoms with Gasteiger partial charge >= 0.3 is 0 Å². The van der Waals surface area contributed by atoms with Gasteiger partial charge in [0.1, 0.15) is 13.2 Å². The smallest absolute Gasteiger partial charge is 0.268 e. The lowest BCUT2D eigenvalue weighted by Crippen LogP contribution is -2.46. The third-order valence-corrected chi connectivity index (χ3v) is 12.1. The number of aliphatic hydroxyl groups is 1. The molecule has 1 amide bonds. The van der Waals surface area contributed by atoms with Crippen LogP contribution in [-0.4, -0.2) is 68.5 Å². The van der Waals surface area contributed by atoms with Gasteiger partial charge in [0.2, 0.25) is 5.91 Å². The second-order valence-electron chi connectivity index (χ2n) is 17.8. The normalized spacial score (nSPS) is 14.2. The van der Waals surface area contributed by atoms with Gasteiger partial charge in [-0.2, -0.15) is 0 Å². The molecule has 0 rings (SSSR count). The lowest BCUT2D eigenvalue weighted by atomic mass is 10.0. The SMILES string of the molecule is CCCCCCCCCCCCCCCCCCCCCCCCC(=O)NC(COP(=O)([O-])OCC[N+](C)(C)C)C(O)CCCCCCCCCCCCC. The first-order valence-electron chi connectivity index (χ1n) is 23.9. The number of quaternary nitrogens is 1. The molecule has 0 saturated heterocycles. The lowest BCUT2D eigenvalue weighted by molar-refractivity contribution is -0.870. The highest BCUT2D eigenvalue weighted by Crippen LogP contribution is 2.38. The van der Waals surface area contributed by atoms with Crippen molar-refractivity contribution < 1.29 is 32.9 Å². The minimum Gasteiger partial charge on any atom is -0.756 e. The van der Waals surface area contributed by atoms with Gasteiger partial charge in [-0.3, -0.25) is 9.36 Å². The number of carbonyl (C=O) groups is 1. The molecular weight excluding hydrogens is 707 g/mol. The Morgan fingerprint density at radius 2 is 0.891 bits per heavy atom. The van der Waals surface area contributed by atoms with Gasteiger partial charge in [-0.1, -0.05) is 219 Å². The van der Waals surface area contributed by atoms with Gasteiger partial charge < -0.3 is 28.8 Å². The summed E-state index contributed by atoms with van der Waals surface area (Å²) in [6, 6.07) is -0.792. The van der Waals surface area contributed by atoms with Crippen LogP contribution in [0, 0.1) is 0 Å². The van der Waals surface area contributed by atoms with Crippen molar-refractivity contribution in [2.45, 2.75) is 251 Å². The highest BCUT2D eigenvalue weighted by atomic mass is 31.2. The van der Waals surface area contributed by atoms with Crippen molar-refractivity contribution in [3.63, 3.8) is 0 Å². The van der Waals surface area contributed by atoms with E-state index in [1.807, 2.05) is 21.1 Å². The quantitative estimate of drug-likeness (QED) is 0.0361. The molecule has 0 saturated carbocycles. The van der Waals surface area contributed by atoms with E-state index < -0.39 is 20.0 Å². The zero-order valence-corrected chi connectivity index (χ0v) is 38.3. The molecule has 0 fully saturated rings. The maximum atomic E-state index is 12.9. The Balaban J connectivity index is 4.16. The molecule has 0 radical (unpaired) electrons. The van der Waals surface area contributed by atoms with Gasteiger partial charge in [0.25, 0.3) is 7.82 Å². The van der Waals surface area contributed by atoms with E-state index in [0.29, 0.717) is 23.9 Å². The van der Waals surface area contributed by atoms with Gasteiger partial charge in [0, 0.05) is 6.42 Å². The first kappa shape index (κ1) is 54.5. The van der Waals surface area contributed by atoms with Crippen LogP contribution in [0.5, 0.6) is 0 Å². The molecular formula is C46H95N2O6P. The zero-order valence-electron chi connectivity index (χ0n) is 37.4. The average Bonchev–Trinajstić information content (AvgIpc) is 3.13. The number of hydrogen-bond donors (Lipinski definition) is 2. The summed E-state index contributed by atoms with van der Waals surface area (Å²) in [4.78, 5) is 25.3. The highest BCUT2D eigenvalue weighted by Gasteiger charge is 2.24. The van der Waals surface area contributed by atoms with Crippen LogP contribution >= 0.6 is 7.82 Å². The van der Waals surface area contributed by atoms with Crippen LogP contribution in [0.25, 0.3) is 0 Å². The van der Waals surface area contributed by atoms with Crippen LogP contribution in [0.2, 0.25) is 0 Å². The number of unbranched alkanes of at least 4 members (excludes halogenated alkanes) is 31. The van der Waals surface area contributed by atoms with Gasteiger partial charge in [0.15, 0.2) is 0 Å².